The maximum Gasteiger partial charge on any atom is 0.212 e. The zero-order chi connectivity index (χ0) is 21.8. The molecular formula is C23H20N6O2S. The minimum Gasteiger partial charge on any atom is -0.492 e. The van der Waals surface area contributed by atoms with E-state index in [-0.39, 0.29) is 0 Å². The number of methoxy groups -OCH3 is 1. The highest BCUT2D eigenvalue weighted by Crippen LogP contribution is 2.27. The van der Waals surface area contributed by atoms with Crippen molar-refractivity contribution in [3.8, 4) is 28.7 Å². The summed E-state index contributed by atoms with van der Waals surface area (Å²) >= 11 is 1.62. The lowest BCUT2D eigenvalue weighted by atomic mass is 10.2. The molecule has 32 heavy (non-hydrogen) atoms. The predicted molar refractivity (Wildman–Crippen MR) is 125 cm³/mol. The quantitative estimate of drug-likeness (QED) is 0.354. The van der Waals surface area contributed by atoms with Gasteiger partial charge in [-0.3, -0.25) is 4.57 Å². The van der Waals surface area contributed by atoms with Crippen LogP contribution in [0, 0.1) is 0 Å². The molecule has 1 N–H and O–H groups in total. The average molecular weight is 445 g/mol. The molecule has 0 amide bonds. The first kappa shape index (κ1) is 20.0. The van der Waals surface area contributed by atoms with Crippen LogP contribution in [0.1, 0.15) is 0 Å². The summed E-state index contributed by atoms with van der Waals surface area (Å²) in [4.78, 5) is 18.4. The Morgan fingerprint density at radius 3 is 2.69 bits per heavy atom. The standard InChI is InChI=1S/C23H20N6O2S/c1-30-19-8-7-16(13-25-19)21-27-22(24-10-11-31-18-5-3-2-4-6-18)20-23(28-21)29(15-26-20)17-9-12-32-14-17/h2-9,12-15H,10-11H2,1H3,(H,24,27,28). The molecule has 0 aliphatic carbocycles. The van der Waals surface area contributed by atoms with Crippen molar-refractivity contribution in [3.05, 3.63) is 71.8 Å². The summed E-state index contributed by atoms with van der Waals surface area (Å²) in [5.41, 5.74) is 3.21. The Hall–Kier alpha value is -3.98. The summed E-state index contributed by atoms with van der Waals surface area (Å²) < 4.78 is 12.9. The van der Waals surface area contributed by atoms with Crippen molar-refractivity contribution in [1.82, 2.24) is 24.5 Å². The molecular weight excluding hydrogens is 424 g/mol. The monoisotopic (exact) mass is 444 g/mol. The van der Waals surface area contributed by atoms with Gasteiger partial charge in [0.25, 0.3) is 0 Å². The highest BCUT2D eigenvalue weighted by atomic mass is 32.1. The van der Waals surface area contributed by atoms with E-state index in [1.807, 2.05) is 52.4 Å². The maximum atomic E-state index is 5.79. The lowest BCUT2D eigenvalue weighted by Gasteiger charge is -2.10. The number of imidazole rings is 1. The lowest BCUT2D eigenvalue weighted by Crippen LogP contribution is -2.13. The molecule has 0 saturated carbocycles. The molecule has 0 saturated heterocycles. The molecule has 8 nitrogen and oxygen atoms in total. The third-order valence-corrected chi connectivity index (χ3v) is 5.46. The lowest BCUT2D eigenvalue weighted by molar-refractivity contribution is 0.333. The smallest absolute Gasteiger partial charge is 0.212 e. The molecule has 4 aromatic heterocycles. The second-order valence-corrected chi connectivity index (χ2v) is 7.62. The average Bonchev–Trinajstić information content (AvgIpc) is 3.52. The molecule has 0 unspecified atom stereocenters. The van der Waals surface area contributed by atoms with Crippen LogP contribution in [-0.4, -0.2) is 44.8 Å². The number of aromatic nitrogens is 5. The molecule has 0 radical (unpaired) electrons. The fourth-order valence-electron chi connectivity index (χ4n) is 3.22. The van der Waals surface area contributed by atoms with Crippen molar-refractivity contribution < 1.29 is 9.47 Å². The molecule has 0 aliphatic heterocycles. The second-order valence-electron chi connectivity index (χ2n) is 6.84. The Morgan fingerprint density at radius 1 is 1.03 bits per heavy atom. The number of thiophene rings is 1. The molecule has 160 valence electrons. The molecule has 5 aromatic rings. The number of hydrogen-bond donors (Lipinski definition) is 1. The van der Waals surface area contributed by atoms with Crippen LogP contribution in [0.4, 0.5) is 5.82 Å². The number of pyridine rings is 1. The number of anilines is 1. The minimum atomic E-state index is 0.486. The van der Waals surface area contributed by atoms with Crippen molar-refractivity contribution in [2.45, 2.75) is 0 Å². The van der Waals surface area contributed by atoms with Crippen LogP contribution in [0.15, 0.2) is 71.8 Å². The molecule has 4 heterocycles. The summed E-state index contributed by atoms with van der Waals surface area (Å²) in [5.74, 6) is 2.56. The molecule has 5 rings (SSSR count). The third kappa shape index (κ3) is 4.10. The molecule has 1 aromatic carbocycles. The van der Waals surface area contributed by atoms with Gasteiger partial charge in [-0.2, -0.15) is 11.3 Å². The van der Waals surface area contributed by atoms with Gasteiger partial charge in [-0.15, -0.1) is 0 Å². The van der Waals surface area contributed by atoms with Crippen molar-refractivity contribution in [1.29, 1.82) is 0 Å². The Kier molecular flexibility index (Phi) is 5.63. The van der Waals surface area contributed by atoms with E-state index >= 15 is 0 Å². The minimum absolute atomic E-state index is 0.486. The second kappa shape index (κ2) is 9.03. The molecule has 0 aliphatic rings. The van der Waals surface area contributed by atoms with Gasteiger partial charge in [0.15, 0.2) is 22.8 Å². The Morgan fingerprint density at radius 2 is 1.94 bits per heavy atom. The van der Waals surface area contributed by atoms with Crippen LogP contribution < -0.4 is 14.8 Å². The van der Waals surface area contributed by atoms with Gasteiger partial charge in [-0.25, -0.2) is 19.9 Å². The van der Waals surface area contributed by atoms with Crippen molar-refractivity contribution >= 4 is 28.3 Å². The van der Waals surface area contributed by atoms with E-state index < -0.39 is 0 Å². The molecule has 9 heteroatoms. The first-order chi connectivity index (χ1) is 15.8. The number of nitrogens with one attached hydrogen (secondary N) is 1. The van der Waals surface area contributed by atoms with Gasteiger partial charge in [0.2, 0.25) is 5.88 Å². The number of para-hydroxylation sites is 1. The van der Waals surface area contributed by atoms with Crippen LogP contribution >= 0.6 is 11.3 Å². The number of fused-ring (bicyclic) bond motifs is 1. The number of hydrogen-bond acceptors (Lipinski definition) is 8. The van der Waals surface area contributed by atoms with Gasteiger partial charge in [-0.1, -0.05) is 18.2 Å². The Balaban J connectivity index is 1.47. The van der Waals surface area contributed by atoms with Gasteiger partial charge < -0.3 is 14.8 Å². The van der Waals surface area contributed by atoms with Gasteiger partial charge in [0.05, 0.1) is 19.3 Å². The van der Waals surface area contributed by atoms with E-state index in [0.29, 0.717) is 36.2 Å². The summed E-state index contributed by atoms with van der Waals surface area (Å²) in [5, 5.41) is 7.43. The van der Waals surface area contributed by atoms with E-state index in [0.717, 1.165) is 22.6 Å². The first-order valence-corrected chi connectivity index (χ1v) is 11.0. The molecule has 0 bridgehead atoms. The first-order valence-electron chi connectivity index (χ1n) is 10.0. The molecule has 0 spiro atoms. The van der Waals surface area contributed by atoms with Crippen LogP contribution in [0.25, 0.3) is 28.2 Å². The molecule has 0 atom stereocenters. The highest BCUT2D eigenvalue weighted by Gasteiger charge is 2.16. The SMILES string of the molecule is COc1ccc(-c2nc(NCCOc3ccccc3)c3ncn(-c4ccsc4)c3n2)cn1. The van der Waals surface area contributed by atoms with Crippen LogP contribution in [0.3, 0.4) is 0 Å². The third-order valence-electron chi connectivity index (χ3n) is 4.79. The zero-order valence-corrected chi connectivity index (χ0v) is 18.1. The summed E-state index contributed by atoms with van der Waals surface area (Å²) in [6.45, 7) is 1.05. The van der Waals surface area contributed by atoms with Crippen molar-refractivity contribution in [2.75, 3.05) is 25.6 Å². The van der Waals surface area contributed by atoms with Gasteiger partial charge in [0.1, 0.15) is 18.7 Å². The topological polar surface area (TPSA) is 87.0 Å². The fourth-order valence-corrected chi connectivity index (χ4v) is 3.85. The Labute approximate surface area is 188 Å². The zero-order valence-electron chi connectivity index (χ0n) is 17.3. The maximum absolute atomic E-state index is 5.79. The summed E-state index contributed by atoms with van der Waals surface area (Å²) in [6, 6.07) is 15.4. The number of ether oxygens (including phenoxy) is 2. The van der Waals surface area contributed by atoms with Crippen LogP contribution in [0.5, 0.6) is 11.6 Å². The summed E-state index contributed by atoms with van der Waals surface area (Å²) in [6.07, 6.45) is 3.47. The normalized spacial score (nSPS) is 10.9. The van der Waals surface area contributed by atoms with E-state index in [4.69, 9.17) is 19.4 Å². The predicted octanol–water partition coefficient (Wildman–Crippen LogP) is 4.44. The van der Waals surface area contributed by atoms with E-state index in [2.05, 4.69) is 20.7 Å². The van der Waals surface area contributed by atoms with Crippen molar-refractivity contribution in [3.63, 3.8) is 0 Å². The number of nitrogens with zero attached hydrogens (tertiary/aromatic N) is 5. The largest absolute Gasteiger partial charge is 0.492 e. The van der Waals surface area contributed by atoms with E-state index in [1.165, 1.54) is 0 Å². The Bertz CT molecular complexity index is 1300. The molecule has 0 fully saturated rings. The number of rotatable bonds is 8. The summed E-state index contributed by atoms with van der Waals surface area (Å²) in [7, 11) is 1.59. The van der Waals surface area contributed by atoms with Gasteiger partial charge in [0, 0.05) is 23.2 Å². The van der Waals surface area contributed by atoms with Crippen LogP contribution in [-0.2, 0) is 0 Å². The van der Waals surface area contributed by atoms with Gasteiger partial charge in [-0.05, 0) is 29.6 Å². The van der Waals surface area contributed by atoms with Crippen molar-refractivity contribution in [2.24, 2.45) is 0 Å². The van der Waals surface area contributed by atoms with E-state index in [9.17, 15) is 0 Å². The number of benzene rings is 1. The fraction of sp³-hybridized carbons (Fsp3) is 0.130. The van der Waals surface area contributed by atoms with Gasteiger partial charge >= 0.3 is 0 Å². The van der Waals surface area contributed by atoms with Crippen LogP contribution in [0.2, 0.25) is 0 Å². The van der Waals surface area contributed by atoms with E-state index in [1.54, 1.807) is 37.0 Å². The highest BCUT2D eigenvalue weighted by molar-refractivity contribution is 7.08.